The van der Waals surface area contributed by atoms with Crippen LogP contribution in [0, 0.1) is 103 Å². The van der Waals surface area contributed by atoms with Crippen molar-refractivity contribution in [2.75, 3.05) is 0 Å². The second-order valence-corrected chi connectivity index (χ2v) is 18.1. The zero-order chi connectivity index (χ0) is 59.6. The molecule has 0 radical (unpaired) electrons. The number of rotatable bonds is 25. The number of nitrogens with one attached hydrogen (secondary N) is 2. The molecule has 0 heterocycles. The largest absolute Gasteiger partial charge is 0.420 e. The predicted molar refractivity (Wildman–Crippen MR) is 232 cm³/mol. The highest BCUT2D eigenvalue weighted by atomic mass is 19.2. The molecule has 4 aromatic carbocycles. The molecule has 0 aromatic heterocycles. The Morgan fingerprint density at radius 2 is 0.570 bits per heavy atom. The molecule has 31 heteroatoms. The first-order valence-corrected chi connectivity index (χ1v) is 22.5. The SMILES string of the molecule is CC(CCC(=O)Oc1c(F)c(F)cc(F)c1F)(CCC(=O)Oc1c(F)c(F)cc(F)c1F)NC(=O)CCC(C)(CCC(=O)NC(C)(CCC(=O)Oc1c(F)c(F)cc(F)c1F)CCC(=O)Oc1c(F)c(F)cc(F)c1F)[N+](=O)[O-]. The summed E-state index contributed by atoms with van der Waals surface area (Å²) < 4.78 is 242. The lowest BCUT2D eigenvalue weighted by Crippen LogP contribution is -2.48. The minimum atomic E-state index is -2.27. The first-order chi connectivity index (χ1) is 36.6. The van der Waals surface area contributed by atoms with Crippen molar-refractivity contribution in [2.45, 2.75) is 114 Å². The van der Waals surface area contributed by atoms with Crippen molar-refractivity contribution in [3.05, 3.63) is 127 Å². The number of carbonyl (C=O) groups excluding carboxylic acids is 6. The van der Waals surface area contributed by atoms with Crippen LogP contribution in [0.15, 0.2) is 24.3 Å². The van der Waals surface area contributed by atoms with E-state index < -0.39 is 250 Å². The van der Waals surface area contributed by atoms with Gasteiger partial charge in [-0.15, -0.1) is 0 Å². The molecule has 4 aromatic rings. The molecular weight excluding hydrogens is 1110 g/mol. The molecule has 0 saturated carbocycles. The summed E-state index contributed by atoms with van der Waals surface area (Å²) in [5.41, 5.74) is -6.21. The quantitative estimate of drug-likeness (QED) is 0.0159. The van der Waals surface area contributed by atoms with E-state index in [0.29, 0.717) is 0 Å². The molecule has 4 rings (SSSR count). The molecule has 0 atom stereocenters. The smallest absolute Gasteiger partial charge is 0.311 e. The molecule has 0 aliphatic heterocycles. The number of nitrogens with zero attached hydrogens (tertiary/aromatic N) is 1. The number of benzene rings is 4. The third kappa shape index (κ3) is 16.5. The van der Waals surface area contributed by atoms with Gasteiger partial charge < -0.3 is 29.6 Å². The Labute approximate surface area is 433 Å². The summed E-state index contributed by atoms with van der Waals surface area (Å²) in [6.07, 6.45) is -10.5. The summed E-state index contributed by atoms with van der Waals surface area (Å²) in [5, 5.41) is 17.0. The van der Waals surface area contributed by atoms with Gasteiger partial charge >= 0.3 is 23.9 Å². The van der Waals surface area contributed by atoms with Crippen LogP contribution in [-0.4, -0.2) is 57.2 Å². The van der Waals surface area contributed by atoms with E-state index in [9.17, 15) is 109 Å². The second-order valence-electron chi connectivity index (χ2n) is 18.1. The fourth-order valence-electron chi connectivity index (χ4n) is 7.11. The number of hydrogen-bond donors (Lipinski definition) is 2. The number of carbonyl (C=O) groups is 6. The summed E-state index contributed by atoms with van der Waals surface area (Å²) in [6.45, 7) is 3.04. The Balaban J connectivity index is 1.50. The van der Waals surface area contributed by atoms with Crippen LogP contribution in [0.2, 0.25) is 0 Å². The molecule has 430 valence electrons. The van der Waals surface area contributed by atoms with Crippen molar-refractivity contribution in [1.29, 1.82) is 0 Å². The summed E-state index contributed by atoms with van der Waals surface area (Å²) >= 11 is 0. The second kappa shape index (κ2) is 26.1. The van der Waals surface area contributed by atoms with Crippen LogP contribution < -0.4 is 29.6 Å². The lowest BCUT2D eigenvalue weighted by atomic mass is 9.87. The molecule has 15 nitrogen and oxygen atoms in total. The third-order valence-electron chi connectivity index (χ3n) is 11.8. The number of nitro groups is 1. The van der Waals surface area contributed by atoms with E-state index in [1.54, 1.807) is 0 Å². The molecule has 0 unspecified atom stereocenters. The van der Waals surface area contributed by atoms with Gasteiger partial charge in [-0.05, 0) is 39.5 Å². The van der Waals surface area contributed by atoms with Crippen LogP contribution in [-0.2, 0) is 28.8 Å². The minimum Gasteiger partial charge on any atom is -0.420 e. The standard InChI is InChI=1S/C48H39F16N3O12/c1-46(10-6-30(70)76-42-34(57)20(49)16-21(50)35(42)58,11-7-31(71)77-43-36(59)22(51)17-23(52)37(43)60)65-28(68)4-14-48(3,67(74)75)15-5-29(69)66-47(2,12-8-32(72)78-44-38(61)24(53)18-25(54)39(44)62)13-9-33(73)79-45-40(63)26(55)19-27(56)41(45)64/h16-19H,4-15H2,1-3H3,(H,65,68)(H,66,69). The van der Waals surface area contributed by atoms with Crippen molar-refractivity contribution in [3.63, 3.8) is 0 Å². The van der Waals surface area contributed by atoms with E-state index >= 15 is 0 Å². The van der Waals surface area contributed by atoms with Gasteiger partial charge in [0.15, 0.2) is 46.5 Å². The van der Waals surface area contributed by atoms with Gasteiger partial charge in [0.1, 0.15) is 0 Å². The minimum absolute atomic E-state index is 0.212. The predicted octanol–water partition coefficient (Wildman–Crippen LogP) is 10.1. The Morgan fingerprint density at radius 1 is 0.380 bits per heavy atom. The maximum Gasteiger partial charge on any atom is 0.311 e. The van der Waals surface area contributed by atoms with E-state index in [1.165, 1.54) is 0 Å². The van der Waals surface area contributed by atoms with Gasteiger partial charge in [0.05, 0.1) is 0 Å². The van der Waals surface area contributed by atoms with E-state index in [1.807, 2.05) is 0 Å². The highest BCUT2D eigenvalue weighted by Crippen LogP contribution is 2.33. The lowest BCUT2D eigenvalue weighted by Gasteiger charge is -2.32. The average molecular weight is 1150 g/mol. The molecular formula is C48H39F16N3O12. The molecule has 0 saturated heterocycles. The fraction of sp³-hybridized carbons (Fsp3) is 0.375. The van der Waals surface area contributed by atoms with Crippen LogP contribution in [0.3, 0.4) is 0 Å². The van der Waals surface area contributed by atoms with Gasteiger partial charge in [-0.3, -0.25) is 38.9 Å². The van der Waals surface area contributed by atoms with Crippen molar-refractivity contribution >= 4 is 35.7 Å². The highest BCUT2D eigenvalue weighted by molar-refractivity contribution is 5.79. The van der Waals surface area contributed by atoms with Crippen LogP contribution in [0.25, 0.3) is 0 Å². The topological polar surface area (TPSA) is 207 Å². The fourth-order valence-corrected chi connectivity index (χ4v) is 7.11. The number of halogens is 16. The van der Waals surface area contributed by atoms with Crippen molar-refractivity contribution in [3.8, 4) is 23.0 Å². The summed E-state index contributed by atoms with van der Waals surface area (Å²) in [7, 11) is 0. The average Bonchev–Trinajstić information content (AvgIpc) is 3.37. The molecule has 0 spiro atoms. The molecule has 0 bridgehead atoms. The van der Waals surface area contributed by atoms with Crippen molar-refractivity contribution in [2.24, 2.45) is 0 Å². The van der Waals surface area contributed by atoms with Crippen LogP contribution in [0.4, 0.5) is 70.2 Å². The first kappa shape index (κ1) is 63.5. The van der Waals surface area contributed by atoms with Crippen molar-refractivity contribution in [1.82, 2.24) is 10.6 Å². The molecule has 0 aliphatic rings. The maximum atomic E-state index is 14.2. The number of amides is 2. The number of ether oxygens (including phenoxy) is 4. The molecule has 2 amide bonds. The normalized spacial score (nSPS) is 11.7. The van der Waals surface area contributed by atoms with Crippen molar-refractivity contribution < 1.29 is 123 Å². The molecule has 2 N–H and O–H groups in total. The van der Waals surface area contributed by atoms with Crippen LogP contribution >= 0.6 is 0 Å². The van der Waals surface area contributed by atoms with Gasteiger partial charge in [-0.1, -0.05) is 0 Å². The number of esters is 4. The van der Waals surface area contributed by atoms with Gasteiger partial charge in [-0.2, -0.15) is 35.1 Å². The summed E-state index contributed by atoms with van der Waals surface area (Å²) in [4.78, 5) is 89.1. The maximum absolute atomic E-state index is 14.2. The van der Waals surface area contributed by atoms with E-state index in [-0.39, 0.29) is 24.3 Å². The third-order valence-corrected chi connectivity index (χ3v) is 11.8. The lowest BCUT2D eigenvalue weighted by molar-refractivity contribution is -0.567. The van der Waals surface area contributed by atoms with Gasteiger partial charge in [0.25, 0.3) is 0 Å². The van der Waals surface area contributed by atoms with E-state index in [4.69, 9.17) is 0 Å². The van der Waals surface area contributed by atoms with Gasteiger partial charge in [-0.25, -0.2) is 35.1 Å². The summed E-state index contributed by atoms with van der Waals surface area (Å²) in [6, 6.07) is -0.849. The molecule has 79 heavy (non-hydrogen) atoms. The van der Waals surface area contributed by atoms with Crippen LogP contribution in [0.5, 0.6) is 23.0 Å². The Kier molecular flexibility index (Phi) is 21.0. The van der Waals surface area contributed by atoms with E-state index in [2.05, 4.69) is 29.6 Å². The first-order valence-electron chi connectivity index (χ1n) is 22.5. The Hall–Kier alpha value is -8.02. The Bertz CT molecular complexity index is 2620. The monoisotopic (exact) mass is 1150 g/mol. The summed E-state index contributed by atoms with van der Waals surface area (Å²) in [5.74, 6) is -49.2. The Morgan fingerprint density at radius 3 is 0.747 bits per heavy atom. The highest BCUT2D eigenvalue weighted by Gasteiger charge is 2.40. The molecule has 0 fully saturated rings. The van der Waals surface area contributed by atoms with E-state index in [0.717, 1.165) is 20.8 Å². The number of hydrogen-bond acceptors (Lipinski definition) is 12. The molecule has 0 aliphatic carbocycles. The van der Waals surface area contributed by atoms with Gasteiger partial charge in [0, 0.05) is 98.6 Å². The zero-order valence-corrected chi connectivity index (χ0v) is 40.7. The van der Waals surface area contributed by atoms with Gasteiger partial charge in [0.2, 0.25) is 86.9 Å². The van der Waals surface area contributed by atoms with Crippen LogP contribution in [0.1, 0.15) is 97.8 Å². The zero-order valence-electron chi connectivity index (χ0n) is 40.7.